The first-order valence-corrected chi connectivity index (χ1v) is 7.94. The van der Waals surface area contributed by atoms with Gasteiger partial charge in [-0.3, -0.25) is 10.2 Å². The fourth-order valence-corrected chi connectivity index (χ4v) is 2.80. The van der Waals surface area contributed by atoms with Crippen LogP contribution in [0.25, 0.3) is 0 Å². The summed E-state index contributed by atoms with van der Waals surface area (Å²) >= 11 is 0. The predicted molar refractivity (Wildman–Crippen MR) is 91.2 cm³/mol. The van der Waals surface area contributed by atoms with Crippen LogP contribution in [-0.4, -0.2) is 23.1 Å². The van der Waals surface area contributed by atoms with Gasteiger partial charge in [-0.15, -0.1) is 0 Å². The molecule has 0 spiro atoms. The summed E-state index contributed by atoms with van der Waals surface area (Å²) in [7, 11) is 0. The highest BCUT2D eigenvalue weighted by Crippen LogP contribution is 2.29. The van der Waals surface area contributed by atoms with Crippen LogP contribution >= 0.6 is 0 Å². The molecule has 1 aromatic rings. The van der Waals surface area contributed by atoms with Gasteiger partial charge in [0.1, 0.15) is 5.71 Å². The minimum Gasteiger partial charge on any atom is -0.330 e. The maximum Gasteiger partial charge on any atom is 0.272 e. The third kappa shape index (κ3) is 3.73. The molecule has 2 rings (SSSR count). The maximum absolute atomic E-state index is 12.5. The predicted octanol–water partition coefficient (Wildman–Crippen LogP) is 4.06. The second kappa shape index (κ2) is 7.74. The van der Waals surface area contributed by atoms with E-state index in [2.05, 4.69) is 25.1 Å². The summed E-state index contributed by atoms with van der Waals surface area (Å²) < 4.78 is 0. The maximum atomic E-state index is 12.5. The zero-order valence-corrected chi connectivity index (χ0v) is 13.4. The lowest BCUT2D eigenvalue weighted by molar-refractivity contribution is -0.126. The molecule has 116 valence electrons. The van der Waals surface area contributed by atoms with Crippen molar-refractivity contribution in [3.05, 3.63) is 59.7 Å². The Balaban J connectivity index is 2.01. The van der Waals surface area contributed by atoms with Crippen molar-refractivity contribution in [3.63, 3.8) is 0 Å². The first-order valence-electron chi connectivity index (χ1n) is 7.94. The fourth-order valence-electron chi connectivity index (χ4n) is 2.80. The molecule has 1 aliphatic rings. The Labute approximate surface area is 132 Å². The Morgan fingerprint density at radius 2 is 2.09 bits per heavy atom. The van der Waals surface area contributed by atoms with Crippen molar-refractivity contribution in [1.29, 1.82) is 5.41 Å². The summed E-state index contributed by atoms with van der Waals surface area (Å²) in [5, 5.41) is 7.98. The number of rotatable bonds is 5. The van der Waals surface area contributed by atoms with Gasteiger partial charge in [-0.1, -0.05) is 49.4 Å². The second-order valence-electron chi connectivity index (χ2n) is 5.55. The van der Waals surface area contributed by atoms with Crippen LogP contribution in [0.2, 0.25) is 0 Å². The van der Waals surface area contributed by atoms with E-state index in [-0.39, 0.29) is 17.7 Å². The van der Waals surface area contributed by atoms with Crippen LogP contribution in [0.1, 0.15) is 43.9 Å². The van der Waals surface area contributed by atoms with Gasteiger partial charge in [-0.05, 0) is 43.4 Å². The molecule has 0 aromatic heterocycles. The van der Waals surface area contributed by atoms with Crippen molar-refractivity contribution in [1.82, 2.24) is 4.90 Å². The lowest BCUT2D eigenvalue weighted by Crippen LogP contribution is -2.41. The number of nitrogens with one attached hydrogen (secondary N) is 1. The molecular weight excluding hydrogens is 272 g/mol. The van der Waals surface area contributed by atoms with Crippen molar-refractivity contribution < 1.29 is 4.79 Å². The van der Waals surface area contributed by atoms with E-state index >= 15 is 0 Å². The van der Waals surface area contributed by atoms with Gasteiger partial charge in [-0.2, -0.15) is 0 Å². The summed E-state index contributed by atoms with van der Waals surface area (Å²) in [5.74, 6) is -0.183. The number of nitrogens with zero attached hydrogens (tertiary/aromatic N) is 1. The zero-order valence-electron chi connectivity index (χ0n) is 13.4. The smallest absolute Gasteiger partial charge is 0.272 e. The summed E-state index contributed by atoms with van der Waals surface area (Å²) in [6.45, 7) is 4.81. The molecule has 1 unspecified atom stereocenters. The lowest BCUT2D eigenvalue weighted by Gasteiger charge is -2.35. The van der Waals surface area contributed by atoms with Crippen LogP contribution in [-0.2, 0) is 11.2 Å². The number of hydrogen-bond donors (Lipinski definition) is 1. The second-order valence-corrected chi connectivity index (χ2v) is 5.55. The highest BCUT2D eigenvalue weighted by Gasteiger charge is 2.28. The number of hydrogen-bond acceptors (Lipinski definition) is 2. The minimum absolute atomic E-state index is 0.0335. The fraction of sp³-hybridized carbons (Fsp3) is 0.368. The molecule has 0 aliphatic carbocycles. The molecule has 22 heavy (non-hydrogen) atoms. The minimum atomic E-state index is -0.183. The van der Waals surface area contributed by atoms with E-state index in [0.29, 0.717) is 6.54 Å². The Morgan fingerprint density at radius 1 is 1.32 bits per heavy atom. The van der Waals surface area contributed by atoms with Crippen LogP contribution in [0.4, 0.5) is 0 Å². The molecule has 0 fully saturated rings. The molecule has 3 nitrogen and oxygen atoms in total. The molecular formula is C19H24N2O. The molecule has 0 saturated heterocycles. The van der Waals surface area contributed by atoms with Gasteiger partial charge in [0.15, 0.2) is 0 Å². The molecule has 1 aliphatic heterocycles. The van der Waals surface area contributed by atoms with Crippen molar-refractivity contribution in [2.45, 2.75) is 39.2 Å². The molecule has 1 atom stereocenters. The van der Waals surface area contributed by atoms with Gasteiger partial charge < -0.3 is 4.90 Å². The molecule has 3 heteroatoms. The molecule has 0 radical (unpaired) electrons. The number of carbonyl (C=O) groups is 1. The first-order chi connectivity index (χ1) is 10.6. The van der Waals surface area contributed by atoms with E-state index in [9.17, 15) is 4.79 Å². The van der Waals surface area contributed by atoms with Crippen molar-refractivity contribution >= 4 is 11.6 Å². The highest BCUT2D eigenvalue weighted by atomic mass is 16.2. The molecule has 1 aromatic carbocycles. The van der Waals surface area contributed by atoms with Crippen molar-refractivity contribution in [3.8, 4) is 0 Å². The SMILES string of the molecule is CC/C=C\C/C=C/C(=N)C(=O)N1CCc2ccccc2C1C. The third-order valence-electron chi connectivity index (χ3n) is 4.05. The van der Waals surface area contributed by atoms with Crippen LogP contribution in [0, 0.1) is 5.41 Å². The van der Waals surface area contributed by atoms with E-state index in [1.54, 1.807) is 11.0 Å². The van der Waals surface area contributed by atoms with Crippen molar-refractivity contribution in [2.24, 2.45) is 0 Å². The molecule has 0 saturated carbocycles. The summed E-state index contributed by atoms with van der Waals surface area (Å²) in [6, 6.07) is 8.28. The summed E-state index contributed by atoms with van der Waals surface area (Å²) in [5.41, 5.74) is 2.58. The van der Waals surface area contributed by atoms with E-state index in [0.717, 1.165) is 19.3 Å². The van der Waals surface area contributed by atoms with Gasteiger partial charge in [0.05, 0.1) is 6.04 Å². The van der Waals surface area contributed by atoms with Crippen LogP contribution < -0.4 is 0 Å². The zero-order chi connectivity index (χ0) is 15.9. The highest BCUT2D eigenvalue weighted by molar-refractivity contribution is 6.42. The third-order valence-corrected chi connectivity index (χ3v) is 4.05. The molecule has 1 amide bonds. The van der Waals surface area contributed by atoms with Gasteiger partial charge in [0.25, 0.3) is 5.91 Å². The Hall–Kier alpha value is -2.16. The monoisotopic (exact) mass is 296 g/mol. The Kier molecular flexibility index (Phi) is 5.70. The number of benzene rings is 1. The first kappa shape index (κ1) is 16.2. The van der Waals surface area contributed by atoms with E-state index in [1.165, 1.54) is 11.1 Å². The van der Waals surface area contributed by atoms with E-state index in [4.69, 9.17) is 5.41 Å². The quantitative estimate of drug-likeness (QED) is 0.646. The summed E-state index contributed by atoms with van der Waals surface area (Å²) in [4.78, 5) is 14.3. The van der Waals surface area contributed by atoms with Gasteiger partial charge in [-0.25, -0.2) is 0 Å². The number of allylic oxidation sites excluding steroid dienone is 3. The number of carbonyl (C=O) groups excluding carboxylic acids is 1. The number of fused-ring (bicyclic) bond motifs is 1. The average Bonchev–Trinajstić information content (AvgIpc) is 2.54. The van der Waals surface area contributed by atoms with Gasteiger partial charge >= 0.3 is 0 Å². The molecule has 1 N–H and O–H groups in total. The van der Waals surface area contributed by atoms with Crippen molar-refractivity contribution in [2.75, 3.05) is 6.54 Å². The van der Waals surface area contributed by atoms with Crippen LogP contribution in [0.5, 0.6) is 0 Å². The van der Waals surface area contributed by atoms with Gasteiger partial charge in [0.2, 0.25) is 0 Å². The standard InChI is InChI=1S/C19H24N2O/c1-3-4-5-6-7-12-18(20)19(22)21-14-13-16-10-8-9-11-17(16)15(21)2/h4-5,7-12,15,20H,3,6,13-14H2,1-2H3/b5-4-,12-7+,20-18?. The molecule has 1 heterocycles. The largest absolute Gasteiger partial charge is 0.330 e. The average molecular weight is 296 g/mol. The van der Waals surface area contributed by atoms with E-state index < -0.39 is 0 Å². The molecule has 0 bridgehead atoms. The number of amides is 1. The van der Waals surface area contributed by atoms with E-state index in [1.807, 2.05) is 31.2 Å². The van der Waals surface area contributed by atoms with Crippen LogP contribution in [0.15, 0.2) is 48.6 Å². The Bertz CT molecular complexity index is 601. The Morgan fingerprint density at radius 3 is 2.86 bits per heavy atom. The van der Waals surface area contributed by atoms with Gasteiger partial charge in [0, 0.05) is 6.54 Å². The normalized spacial score (nSPS) is 17.9. The van der Waals surface area contributed by atoms with Crippen LogP contribution in [0.3, 0.4) is 0 Å². The topological polar surface area (TPSA) is 44.2 Å². The lowest BCUT2D eigenvalue weighted by atomic mass is 9.93. The summed E-state index contributed by atoms with van der Waals surface area (Å²) in [6.07, 6.45) is 10.3.